The van der Waals surface area contributed by atoms with Crippen LogP contribution in [-0.2, 0) is 11.8 Å². The number of halogens is 2. The lowest BCUT2D eigenvalue weighted by atomic mass is 10.1. The summed E-state index contributed by atoms with van der Waals surface area (Å²) in [5, 5.41) is 9.77. The Bertz CT molecular complexity index is 1320. The van der Waals surface area contributed by atoms with Crippen LogP contribution in [0.2, 0.25) is 0 Å². The highest BCUT2D eigenvalue weighted by Crippen LogP contribution is 2.29. The maximum atomic E-state index is 13.1. The summed E-state index contributed by atoms with van der Waals surface area (Å²) in [7, 11) is 4.03. The van der Waals surface area contributed by atoms with E-state index in [1.54, 1.807) is 10.9 Å². The summed E-state index contributed by atoms with van der Waals surface area (Å²) >= 11 is 6.40. The molecule has 33 heavy (non-hydrogen) atoms. The lowest BCUT2D eigenvalue weighted by molar-refractivity contribution is -0.112. The number of pyridine rings is 1. The van der Waals surface area contributed by atoms with Gasteiger partial charge in [0.15, 0.2) is 0 Å². The third-order valence-electron chi connectivity index (χ3n) is 5.84. The van der Waals surface area contributed by atoms with E-state index >= 15 is 0 Å². The third-order valence-corrected chi connectivity index (χ3v) is 9.07. The number of carbonyl (C=O) groups is 1. The molecule has 2 aliphatic rings. The third kappa shape index (κ3) is 4.79. The lowest BCUT2D eigenvalue weighted by Crippen LogP contribution is -2.47. The Balaban J connectivity index is 1.37. The highest BCUT2D eigenvalue weighted by atomic mass is 127. The topological polar surface area (TPSA) is 66.3 Å². The van der Waals surface area contributed by atoms with Crippen molar-refractivity contribution in [3.8, 4) is 11.1 Å². The Labute approximate surface area is 207 Å². The number of fused-ring (bicyclic) bond motifs is 1. The fourth-order valence-corrected chi connectivity index (χ4v) is 6.78. The zero-order chi connectivity index (χ0) is 22.9. The van der Waals surface area contributed by atoms with Gasteiger partial charge in [0, 0.05) is 56.6 Å². The second-order valence-corrected chi connectivity index (χ2v) is 10.9. The summed E-state index contributed by atoms with van der Waals surface area (Å²) < 4.78 is 5.02. The van der Waals surface area contributed by atoms with E-state index in [2.05, 4.69) is 48.5 Å². The van der Waals surface area contributed by atoms with Crippen LogP contribution in [0.3, 0.4) is 0 Å². The summed E-state index contributed by atoms with van der Waals surface area (Å²) in [5.41, 5.74) is 2.61. The molecule has 2 aromatic heterocycles. The van der Waals surface area contributed by atoms with Crippen molar-refractivity contribution in [2.45, 2.75) is 0 Å². The van der Waals surface area contributed by atoms with Crippen molar-refractivity contribution in [1.82, 2.24) is 24.6 Å². The summed E-state index contributed by atoms with van der Waals surface area (Å²) in [6, 6.07) is 8.06. The van der Waals surface area contributed by atoms with Crippen LogP contribution in [-0.4, -0.2) is 67.3 Å². The van der Waals surface area contributed by atoms with Crippen LogP contribution in [0.1, 0.15) is 0 Å². The number of aromatic nitrogens is 3. The molecule has 3 aromatic rings. The van der Waals surface area contributed by atoms with Crippen molar-refractivity contribution in [2.75, 3.05) is 38.5 Å². The van der Waals surface area contributed by atoms with Gasteiger partial charge in [0.1, 0.15) is 5.82 Å². The molecule has 0 unspecified atom stereocenters. The van der Waals surface area contributed by atoms with Crippen molar-refractivity contribution >= 4 is 58.5 Å². The van der Waals surface area contributed by atoms with Gasteiger partial charge in [-0.05, 0) is 40.3 Å². The van der Waals surface area contributed by atoms with E-state index in [4.69, 9.17) is 11.6 Å². The molecule has 4 heterocycles. The van der Waals surface area contributed by atoms with Crippen LogP contribution in [0.15, 0.2) is 63.6 Å². The molecule has 0 bridgehead atoms. The second kappa shape index (κ2) is 9.46. The summed E-state index contributed by atoms with van der Waals surface area (Å²) in [5.74, 6) is 0.268. The molecule has 170 valence electrons. The zero-order valence-corrected chi connectivity index (χ0v) is 21.3. The van der Waals surface area contributed by atoms with E-state index in [0.717, 1.165) is 51.7 Å². The van der Waals surface area contributed by atoms with E-state index in [9.17, 15) is 4.79 Å². The predicted octanol–water partition coefficient (Wildman–Crippen LogP) is 3.94. The SMILES string of the molecule is CN1CCN(C2=IC=CC(C(=O)Nc3cc4cc(-c5cnn(C)c5)ccc4cn3)=C2Cl)CC1. The van der Waals surface area contributed by atoms with E-state index < -0.39 is 0 Å². The van der Waals surface area contributed by atoms with Crippen molar-refractivity contribution < 1.29 is 4.79 Å². The number of nitrogens with zero attached hydrogens (tertiary/aromatic N) is 5. The van der Waals surface area contributed by atoms with Crippen LogP contribution in [0.25, 0.3) is 21.9 Å². The fourth-order valence-electron chi connectivity index (χ4n) is 3.92. The maximum absolute atomic E-state index is 13.1. The molecule has 1 saturated heterocycles. The van der Waals surface area contributed by atoms with Gasteiger partial charge in [-0.3, -0.25) is 14.4 Å². The minimum Gasteiger partial charge on any atom is -0.307 e. The molecule has 1 N–H and O–H groups in total. The first-order valence-corrected chi connectivity index (χ1v) is 13.4. The first-order valence-electron chi connectivity index (χ1n) is 10.7. The molecular weight excluding hydrogens is 551 g/mol. The van der Waals surface area contributed by atoms with E-state index in [-0.39, 0.29) is 26.6 Å². The first kappa shape index (κ1) is 22.4. The van der Waals surface area contributed by atoms with Crippen molar-refractivity contribution in [3.05, 3.63) is 63.6 Å². The Kier molecular flexibility index (Phi) is 6.42. The number of hydrogen-bond acceptors (Lipinski definition) is 5. The van der Waals surface area contributed by atoms with Crippen molar-refractivity contribution in [3.63, 3.8) is 0 Å². The summed E-state index contributed by atoms with van der Waals surface area (Å²) in [4.78, 5) is 22.2. The molecule has 0 radical (unpaired) electrons. The smallest absolute Gasteiger partial charge is 0.258 e. The summed E-state index contributed by atoms with van der Waals surface area (Å²) in [6.45, 7) is 3.89. The lowest BCUT2D eigenvalue weighted by Gasteiger charge is -2.34. The Morgan fingerprint density at radius 1 is 1.06 bits per heavy atom. The number of rotatable bonds is 4. The molecule has 7 nitrogen and oxygen atoms in total. The minimum absolute atomic E-state index is 0.234. The Morgan fingerprint density at radius 3 is 2.64 bits per heavy atom. The molecule has 1 aromatic carbocycles. The molecule has 1 fully saturated rings. The van der Waals surface area contributed by atoms with Gasteiger partial charge in [0.05, 0.1) is 20.4 Å². The molecule has 5 rings (SSSR count). The highest BCUT2D eigenvalue weighted by molar-refractivity contribution is 14.2. The number of carbonyl (C=O) groups excluding carboxylic acids is 1. The number of aryl methyl sites for hydroxylation is 1. The Morgan fingerprint density at radius 2 is 1.88 bits per heavy atom. The van der Waals surface area contributed by atoms with E-state index in [0.29, 0.717) is 16.4 Å². The number of amides is 1. The molecule has 0 spiro atoms. The molecule has 9 heteroatoms. The molecule has 0 saturated carbocycles. The summed E-state index contributed by atoms with van der Waals surface area (Å²) in [6.07, 6.45) is 7.45. The van der Waals surface area contributed by atoms with E-state index in [1.165, 1.54) is 0 Å². The number of benzene rings is 1. The van der Waals surface area contributed by atoms with Gasteiger partial charge in [-0.1, -0.05) is 44.5 Å². The van der Waals surface area contributed by atoms with Gasteiger partial charge in [-0.15, -0.1) is 0 Å². The van der Waals surface area contributed by atoms with Gasteiger partial charge < -0.3 is 10.2 Å². The van der Waals surface area contributed by atoms with Gasteiger partial charge >= 0.3 is 0 Å². The maximum Gasteiger partial charge on any atom is 0.258 e. The van der Waals surface area contributed by atoms with E-state index in [1.807, 2.05) is 37.7 Å². The quantitative estimate of drug-likeness (QED) is 0.479. The molecule has 1 amide bonds. The van der Waals surface area contributed by atoms with Gasteiger partial charge in [0.25, 0.3) is 5.91 Å². The number of hydrogen-bond donors (Lipinski definition) is 1. The number of nitrogens with one attached hydrogen (secondary N) is 1. The second-order valence-electron chi connectivity index (χ2n) is 8.20. The van der Waals surface area contributed by atoms with Crippen LogP contribution in [0.4, 0.5) is 5.82 Å². The van der Waals surface area contributed by atoms with Crippen LogP contribution >= 0.6 is 32.3 Å². The van der Waals surface area contributed by atoms with Crippen LogP contribution < -0.4 is 5.32 Å². The monoisotopic (exact) mass is 574 g/mol. The molecular formula is C24H24ClIN6O. The van der Waals surface area contributed by atoms with Crippen molar-refractivity contribution in [2.24, 2.45) is 7.05 Å². The normalized spacial score (nSPS) is 17.7. The van der Waals surface area contributed by atoms with Crippen LogP contribution in [0.5, 0.6) is 0 Å². The van der Waals surface area contributed by atoms with Gasteiger partial charge in [0.2, 0.25) is 0 Å². The largest absolute Gasteiger partial charge is 0.307 e. The average molecular weight is 575 g/mol. The standard InChI is InChI=1S/C24H24ClIN6O/c1-30-7-9-32(10-8-30)23-22(25)20(5-6-26-23)24(33)29-21-12-18-11-16(3-4-17(18)13-27-21)19-14-28-31(2)15-19/h3-6,11-15H,7-10H2,1-2H3,(H,27,29,33). The van der Waals surface area contributed by atoms with Gasteiger partial charge in [-0.25, -0.2) is 4.98 Å². The minimum atomic E-state index is -0.342. The predicted molar refractivity (Wildman–Crippen MR) is 143 cm³/mol. The molecule has 2 aliphatic heterocycles. The van der Waals surface area contributed by atoms with Crippen molar-refractivity contribution in [1.29, 1.82) is 0 Å². The highest BCUT2D eigenvalue weighted by Gasteiger charge is 2.25. The number of piperazine rings is 1. The molecule has 0 atom stereocenters. The number of anilines is 1. The number of likely N-dealkylation sites (N-methyl/N-ethyl adjacent to an activating group) is 1. The molecule has 0 aliphatic carbocycles. The Hall–Kier alpha value is -2.40. The van der Waals surface area contributed by atoms with Crippen LogP contribution in [0, 0.1) is 0 Å². The first-order chi connectivity index (χ1) is 16.0. The average Bonchev–Trinajstić information content (AvgIpc) is 3.25. The fraction of sp³-hybridized carbons (Fsp3) is 0.250. The van der Waals surface area contributed by atoms with Gasteiger partial charge in [-0.2, -0.15) is 5.10 Å². The zero-order valence-electron chi connectivity index (χ0n) is 18.4.